The maximum atomic E-state index is 15.4. The van der Waals surface area contributed by atoms with Crippen LogP contribution in [-0.4, -0.2) is 28.7 Å². The van der Waals surface area contributed by atoms with Crippen molar-refractivity contribution in [2.45, 2.75) is 24.2 Å². The highest BCUT2D eigenvalue weighted by Crippen LogP contribution is 2.65. The van der Waals surface area contributed by atoms with Gasteiger partial charge in [-0.15, -0.1) is 0 Å². The second kappa shape index (κ2) is 11.3. The summed E-state index contributed by atoms with van der Waals surface area (Å²) in [5.41, 5.74) is 1.33. The summed E-state index contributed by atoms with van der Waals surface area (Å²) >= 11 is 6.41. The highest BCUT2D eigenvalue weighted by Gasteiger charge is 2.70. The van der Waals surface area contributed by atoms with Crippen LogP contribution in [0.2, 0.25) is 5.02 Å². The Kier molecular flexibility index (Phi) is 6.87. The number of benzene rings is 5. The summed E-state index contributed by atoms with van der Waals surface area (Å²) in [6.45, 7) is 0. The molecule has 4 aliphatic rings. The van der Waals surface area contributed by atoms with E-state index >= 15 is 4.79 Å². The van der Waals surface area contributed by atoms with Crippen LogP contribution < -0.4 is 9.80 Å². The van der Waals surface area contributed by atoms with Crippen molar-refractivity contribution in [3.8, 4) is 5.75 Å². The molecule has 1 N–H and O–H groups in total. The zero-order valence-electron chi connectivity index (χ0n) is 26.8. The highest BCUT2D eigenvalue weighted by molar-refractivity contribution is 6.32. The molecule has 0 radical (unpaired) electrons. The van der Waals surface area contributed by atoms with Crippen LogP contribution in [0.4, 0.5) is 11.4 Å². The van der Waals surface area contributed by atoms with E-state index in [4.69, 9.17) is 11.6 Å². The molecule has 2 heterocycles. The molecule has 4 amide bonds. The third-order valence-corrected chi connectivity index (χ3v) is 11.7. The number of aromatic hydroxyl groups is 1. The number of phenolic OH excluding ortho intramolecular Hbond substituents is 1. The van der Waals surface area contributed by atoms with Crippen molar-refractivity contribution in [1.29, 1.82) is 0 Å². The van der Waals surface area contributed by atoms with Crippen LogP contribution in [0.1, 0.15) is 29.9 Å². The Balaban J connectivity index is 1.31. The molecule has 5 aromatic carbocycles. The fourth-order valence-electron chi connectivity index (χ4n) is 9.42. The van der Waals surface area contributed by atoms with E-state index in [2.05, 4.69) is 0 Å². The number of halogens is 1. The second-order valence-electron chi connectivity index (χ2n) is 13.7. The molecular weight excluding hydrogens is 648 g/mol. The van der Waals surface area contributed by atoms with Crippen LogP contribution in [0.15, 0.2) is 133 Å². The number of amides is 4. The van der Waals surface area contributed by atoms with Crippen molar-refractivity contribution in [2.75, 3.05) is 9.80 Å². The lowest BCUT2D eigenvalue weighted by molar-refractivity contribution is -0.127. The Morgan fingerprint density at radius 3 is 2.14 bits per heavy atom. The molecule has 3 fully saturated rings. The number of anilines is 2. The molecule has 50 heavy (non-hydrogen) atoms. The predicted octanol–water partition coefficient (Wildman–Crippen LogP) is 7.57. The Hall–Kier alpha value is -5.53. The lowest BCUT2D eigenvalue weighted by Crippen LogP contribution is -2.53. The molecule has 6 atom stereocenters. The number of nitrogens with zero attached hydrogens (tertiary/aromatic N) is 2. The minimum absolute atomic E-state index is 0.0204. The van der Waals surface area contributed by atoms with Gasteiger partial charge in [0.2, 0.25) is 23.6 Å². The highest BCUT2D eigenvalue weighted by atomic mass is 35.5. The Morgan fingerprint density at radius 1 is 0.680 bits per heavy atom. The Morgan fingerprint density at radius 2 is 1.38 bits per heavy atom. The van der Waals surface area contributed by atoms with Gasteiger partial charge in [0.25, 0.3) is 0 Å². The van der Waals surface area contributed by atoms with Gasteiger partial charge in [-0.3, -0.25) is 24.1 Å². The van der Waals surface area contributed by atoms with Crippen molar-refractivity contribution in [1.82, 2.24) is 0 Å². The van der Waals surface area contributed by atoms with Gasteiger partial charge in [-0.05, 0) is 60.0 Å². The van der Waals surface area contributed by atoms with E-state index in [9.17, 15) is 19.5 Å². The monoisotopic (exact) mass is 678 g/mol. The SMILES string of the molecule is O=C1C2CC=C3C(CC4C(=O)N(c5cccc(Cl)c5)C(=O)C4(c4ccccc4)C3c3ccc4ccccc4c3O)C2C(=O)N1c1ccccc1. The molecule has 6 unspecified atom stereocenters. The molecule has 0 bridgehead atoms. The van der Waals surface area contributed by atoms with Gasteiger partial charge in [0.15, 0.2) is 0 Å². The van der Waals surface area contributed by atoms with E-state index in [0.29, 0.717) is 39.3 Å². The maximum absolute atomic E-state index is 15.4. The lowest BCUT2D eigenvalue weighted by Gasteiger charge is -2.50. The third-order valence-electron chi connectivity index (χ3n) is 11.4. The van der Waals surface area contributed by atoms with Crippen LogP contribution in [0.3, 0.4) is 0 Å². The number of para-hydroxylation sites is 1. The number of carbonyl (C=O) groups excluding carboxylic acids is 4. The molecule has 2 saturated heterocycles. The van der Waals surface area contributed by atoms with Crippen molar-refractivity contribution in [3.63, 3.8) is 0 Å². The summed E-state index contributed by atoms with van der Waals surface area (Å²) in [5, 5.41) is 14.0. The molecular formula is C42H31ClN2O5. The summed E-state index contributed by atoms with van der Waals surface area (Å²) < 4.78 is 0. The van der Waals surface area contributed by atoms with Gasteiger partial charge in [0.1, 0.15) is 5.75 Å². The largest absolute Gasteiger partial charge is 0.507 e. The fraction of sp³-hybridized carbons (Fsp3) is 0.190. The minimum atomic E-state index is -1.47. The molecule has 5 aromatic rings. The number of rotatable bonds is 4. The van der Waals surface area contributed by atoms with E-state index in [1.807, 2.05) is 78.9 Å². The lowest BCUT2D eigenvalue weighted by atomic mass is 9.49. The summed E-state index contributed by atoms with van der Waals surface area (Å²) in [6, 6.07) is 36.2. The minimum Gasteiger partial charge on any atom is -0.507 e. The smallest absolute Gasteiger partial charge is 0.246 e. The number of phenols is 1. The normalized spacial score (nSPS) is 27.3. The first-order valence-corrected chi connectivity index (χ1v) is 17.2. The standard InChI is InChI=1S/C42H31ClN2O5/c43-26-13-9-16-28(22-26)45-39(48)34-23-33-30(20-21-31-35(33)40(49)44(38(31)47)27-14-5-2-6-15-27)36(42(34,41(45)50)25-11-3-1-4-12-25)32-19-18-24-10-7-8-17-29(24)37(32)46/h1-20,22,31,33-36,46H,21,23H2. The average molecular weight is 679 g/mol. The molecule has 2 aliphatic heterocycles. The average Bonchev–Trinajstić information content (AvgIpc) is 3.53. The van der Waals surface area contributed by atoms with Gasteiger partial charge in [0, 0.05) is 21.9 Å². The Bertz CT molecular complexity index is 2290. The van der Waals surface area contributed by atoms with E-state index < -0.39 is 46.8 Å². The number of fused-ring (bicyclic) bond motifs is 5. The summed E-state index contributed by atoms with van der Waals surface area (Å²) in [5.74, 6) is -4.98. The maximum Gasteiger partial charge on any atom is 0.246 e. The molecule has 0 aromatic heterocycles. The van der Waals surface area contributed by atoms with E-state index in [1.165, 1.54) is 9.80 Å². The summed E-state index contributed by atoms with van der Waals surface area (Å²) in [6.07, 6.45) is 2.48. The second-order valence-corrected chi connectivity index (χ2v) is 14.1. The quantitative estimate of drug-likeness (QED) is 0.156. The van der Waals surface area contributed by atoms with Gasteiger partial charge in [0.05, 0.1) is 34.5 Å². The van der Waals surface area contributed by atoms with E-state index in [0.717, 1.165) is 11.0 Å². The first kappa shape index (κ1) is 30.5. The molecule has 7 nitrogen and oxygen atoms in total. The van der Waals surface area contributed by atoms with Gasteiger partial charge in [-0.25, -0.2) is 4.90 Å². The molecule has 8 heteroatoms. The Labute approximate surface area is 293 Å². The number of hydrogen-bond donors (Lipinski definition) is 1. The number of allylic oxidation sites excluding steroid dienone is 2. The van der Waals surface area contributed by atoms with Crippen LogP contribution in [0.25, 0.3) is 10.8 Å². The summed E-state index contributed by atoms with van der Waals surface area (Å²) in [7, 11) is 0. The van der Waals surface area contributed by atoms with Crippen LogP contribution >= 0.6 is 11.6 Å². The van der Waals surface area contributed by atoms with Crippen molar-refractivity contribution >= 4 is 57.4 Å². The zero-order chi connectivity index (χ0) is 34.3. The van der Waals surface area contributed by atoms with Crippen LogP contribution in [-0.2, 0) is 24.6 Å². The first-order valence-electron chi connectivity index (χ1n) is 16.8. The van der Waals surface area contributed by atoms with E-state index in [-0.39, 0.29) is 24.0 Å². The van der Waals surface area contributed by atoms with Crippen molar-refractivity contribution in [2.24, 2.45) is 23.7 Å². The van der Waals surface area contributed by atoms with Gasteiger partial charge in [-0.1, -0.05) is 114 Å². The third kappa shape index (κ3) is 4.10. The van der Waals surface area contributed by atoms with Gasteiger partial charge < -0.3 is 5.11 Å². The molecule has 2 aliphatic carbocycles. The van der Waals surface area contributed by atoms with Crippen molar-refractivity contribution in [3.05, 3.63) is 149 Å². The zero-order valence-corrected chi connectivity index (χ0v) is 27.5. The molecule has 1 saturated carbocycles. The predicted molar refractivity (Wildman–Crippen MR) is 191 cm³/mol. The number of carbonyl (C=O) groups is 4. The van der Waals surface area contributed by atoms with E-state index in [1.54, 1.807) is 48.5 Å². The van der Waals surface area contributed by atoms with Crippen molar-refractivity contribution < 1.29 is 24.3 Å². The van der Waals surface area contributed by atoms with Gasteiger partial charge in [-0.2, -0.15) is 0 Å². The first-order chi connectivity index (χ1) is 24.3. The van der Waals surface area contributed by atoms with Crippen LogP contribution in [0.5, 0.6) is 5.75 Å². The van der Waals surface area contributed by atoms with Crippen LogP contribution in [0, 0.1) is 23.7 Å². The number of imide groups is 2. The fourth-order valence-corrected chi connectivity index (χ4v) is 9.61. The molecule has 0 spiro atoms. The molecule has 9 rings (SSSR count). The summed E-state index contributed by atoms with van der Waals surface area (Å²) in [4.78, 5) is 61.3. The van der Waals surface area contributed by atoms with Gasteiger partial charge >= 0.3 is 0 Å². The topological polar surface area (TPSA) is 95.0 Å². The number of hydrogen-bond acceptors (Lipinski definition) is 5. The molecule has 246 valence electrons.